The summed E-state index contributed by atoms with van der Waals surface area (Å²) >= 11 is 0. The van der Waals surface area contributed by atoms with Crippen molar-refractivity contribution in [1.82, 2.24) is 5.32 Å². The van der Waals surface area contributed by atoms with Crippen molar-refractivity contribution in [3.63, 3.8) is 0 Å². The molecule has 2 nitrogen and oxygen atoms in total. The lowest BCUT2D eigenvalue weighted by atomic mass is 10.1. The van der Waals surface area contributed by atoms with Crippen LogP contribution in [0.2, 0.25) is 0 Å². The highest BCUT2D eigenvalue weighted by molar-refractivity contribution is 5.38. The largest absolute Gasteiger partial charge is 0.457 e. The van der Waals surface area contributed by atoms with E-state index >= 15 is 0 Å². The number of hydrogen-bond acceptors (Lipinski definition) is 2. The third-order valence-electron chi connectivity index (χ3n) is 2.87. The normalized spacial score (nSPS) is 10.3. The Morgan fingerprint density at radius 1 is 1.06 bits per heavy atom. The van der Waals surface area contributed by atoms with Crippen LogP contribution in [0.4, 0.5) is 0 Å². The molecule has 0 spiro atoms. The number of hydrogen-bond donors (Lipinski definition) is 1. The summed E-state index contributed by atoms with van der Waals surface area (Å²) in [5.74, 6) is 1.82. The first-order chi connectivity index (χ1) is 8.83. The average Bonchev–Trinajstić information content (AvgIpc) is 2.41. The molecule has 94 valence electrons. The van der Waals surface area contributed by atoms with Crippen LogP contribution in [0.15, 0.2) is 48.5 Å². The van der Waals surface area contributed by atoms with Crippen LogP contribution in [0.5, 0.6) is 11.5 Å². The van der Waals surface area contributed by atoms with Crippen LogP contribution >= 0.6 is 0 Å². The molecule has 0 aliphatic heterocycles. The highest BCUT2D eigenvalue weighted by atomic mass is 16.5. The number of nitrogens with one attached hydrogen (secondary N) is 1. The van der Waals surface area contributed by atoms with Crippen LogP contribution in [0.25, 0.3) is 0 Å². The molecule has 18 heavy (non-hydrogen) atoms. The summed E-state index contributed by atoms with van der Waals surface area (Å²) in [5, 5.41) is 3.15. The van der Waals surface area contributed by atoms with Crippen molar-refractivity contribution in [2.45, 2.75) is 19.9 Å². The second-order valence-electron chi connectivity index (χ2n) is 4.24. The summed E-state index contributed by atoms with van der Waals surface area (Å²) in [5.41, 5.74) is 2.46. The van der Waals surface area contributed by atoms with Gasteiger partial charge in [0.15, 0.2) is 0 Å². The van der Waals surface area contributed by atoms with E-state index < -0.39 is 0 Å². The van der Waals surface area contributed by atoms with E-state index in [1.54, 1.807) is 0 Å². The molecule has 2 rings (SSSR count). The van der Waals surface area contributed by atoms with Gasteiger partial charge in [0.05, 0.1) is 0 Å². The maximum atomic E-state index is 5.96. The molecular formula is C16H19NO. The number of rotatable bonds is 5. The third kappa shape index (κ3) is 3.11. The van der Waals surface area contributed by atoms with Crippen molar-refractivity contribution in [3.05, 3.63) is 59.7 Å². The Kier molecular flexibility index (Phi) is 4.37. The van der Waals surface area contributed by atoms with Gasteiger partial charge in [-0.2, -0.15) is 0 Å². The summed E-state index contributed by atoms with van der Waals surface area (Å²) in [6.45, 7) is 2.96. The van der Waals surface area contributed by atoms with Crippen LogP contribution in [0.3, 0.4) is 0 Å². The highest BCUT2D eigenvalue weighted by Crippen LogP contribution is 2.25. The minimum atomic E-state index is 0.809. The van der Waals surface area contributed by atoms with Crippen molar-refractivity contribution in [2.75, 3.05) is 7.05 Å². The minimum absolute atomic E-state index is 0.809. The molecule has 0 saturated carbocycles. The number of benzene rings is 2. The molecule has 0 saturated heterocycles. The van der Waals surface area contributed by atoms with Gasteiger partial charge in [-0.15, -0.1) is 0 Å². The Morgan fingerprint density at radius 3 is 2.67 bits per heavy atom. The van der Waals surface area contributed by atoms with E-state index in [0.29, 0.717) is 0 Å². The molecule has 0 amide bonds. The average molecular weight is 241 g/mol. The van der Waals surface area contributed by atoms with Crippen LogP contribution in [0.1, 0.15) is 18.1 Å². The summed E-state index contributed by atoms with van der Waals surface area (Å²) < 4.78 is 5.96. The number of para-hydroxylation sites is 1. The second kappa shape index (κ2) is 6.22. The number of ether oxygens (including phenoxy) is 1. The first-order valence-corrected chi connectivity index (χ1v) is 6.32. The molecule has 2 heteroatoms. The summed E-state index contributed by atoms with van der Waals surface area (Å²) in [4.78, 5) is 0. The highest BCUT2D eigenvalue weighted by Gasteiger charge is 2.03. The lowest BCUT2D eigenvalue weighted by Gasteiger charge is -2.11. The van der Waals surface area contributed by atoms with Gasteiger partial charge in [0, 0.05) is 12.1 Å². The van der Waals surface area contributed by atoms with Gasteiger partial charge in [0.25, 0.3) is 0 Å². The smallest absolute Gasteiger partial charge is 0.131 e. The SMILES string of the molecule is CCc1cccc(Oc2ccccc2CNC)c1. The molecule has 0 aliphatic carbocycles. The zero-order chi connectivity index (χ0) is 12.8. The van der Waals surface area contributed by atoms with Gasteiger partial charge in [0.2, 0.25) is 0 Å². The molecule has 0 aliphatic rings. The van der Waals surface area contributed by atoms with Crippen LogP contribution in [-0.2, 0) is 13.0 Å². The number of aryl methyl sites for hydroxylation is 1. The van der Waals surface area contributed by atoms with Gasteiger partial charge >= 0.3 is 0 Å². The summed E-state index contributed by atoms with van der Waals surface area (Å²) in [6, 6.07) is 16.4. The Hall–Kier alpha value is -1.80. The Balaban J connectivity index is 2.22. The zero-order valence-corrected chi connectivity index (χ0v) is 10.9. The van der Waals surface area contributed by atoms with Gasteiger partial charge < -0.3 is 10.1 Å². The van der Waals surface area contributed by atoms with Crippen LogP contribution in [0, 0.1) is 0 Å². The maximum absolute atomic E-state index is 5.96. The third-order valence-corrected chi connectivity index (χ3v) is 2.87. The van der Waals surface area contributed by atoms with Crippen molar-refractivity contribution in [1.29, 1.82) is 0 Å². The van der Waals surface area contributed by atoms with Crippen LogP contribution in [-0.4, -0.2) is 7.05 Å². The first-order valence-electron chi connectivity index (χ1n) is 6.32. The quantitative estimate of drug-likeness (QED) is 0.860. The van der Waals surface area contributed by atoms with E-state index in [0.717, 1.165) is 24.5 Å². The molecule has 0 fully saturated rings. The molecule has 0 aromatic heterocycles. The second-order valence-corrected chi connectivity index (χ2v) is 4.24. The topological polar surface area (TPSA) is 21.3 Å². The predicted octanol–water partition coefficient (Wildman–Crippen LogP) is 3.76. The lowest BCUT2D eigenvalue weighted by molar-refractivity contribution is 0.473. The molecular weight excluding hydrogens is 222 g/mol. The van der Waals surface area contributed by atoms with E-state index in [9.17, 15) is 0 Å². The molecule has 0 atom stereocenters. The maximum Gasteiger partial charge on any atom is 0.131 e. The van der Waals surface area contributed by atoms with Gasteiger partial charge in [-0.1, -0.05) is 37.3 Å². The standard InChI is InChI=1S/C16H19NO/c1-3-13-7-6-9-15(11-13)18-16-10-5-4-8-14(16)12-17-2/h4-11,17H,3,12H2,1-2H3. The Labute approximate surface area is 109 Å². The Morgan fingerprint density at radius 2 is 1.89 bits per heavy atom. The van der Waals surface area contributed by atoms with E-state index in [-0.39, 0.29) is 0 Å². The van der Waals surface area contributed by atoms with Gasteiger partial charge in [0.1, 0.15) is 11.5 Å². The monoisotopic (exact) mass is 241 g/mol. The fraction of sp³-hybridized carbons (Fsp3) is 0.250. The molecule has 2 aromatic carbocycles. The van der Waals surface area contributed by atoms with Crippen molar-refractivity contribution in [3.8, 4) is 11.5 Å². The van der Waals surface area contributed by atoms with Crippen molar-refractivity contribution < 1.29 is 4.74 Å². The van der Waals surface area contributed by atoms with Gasteiger partial charge in [-0.25, -0.2) is 0 Å². The molecule has 0 unspecified atom stereocenters. The summed E-state index contributed by atoms with van der Waals surface area (Å²) in [6.07, 6.45) is 1.02. The molecule has 2 aromatic rings. The van der Waals surface area contributed by atoms with E-state index in [1.165, 1.54) is 11.1 Å². The predicted molar refractivity (Wildman–Crippen MR) is 75.1 cm³/mol. The minimum Gasteiger partial charge on any atom is -0.457 e. The molecule has 0 bridgehead atoms. The van der Waals surface area contributed by atoms with Gasteiger partial charge in [-0.3, -0.25) is 0 Å². The van der Waals surface area contributed by atoms with Crippen molar-refractivity contribution in [2.24, 2.45) is 0 Å². The Bertz CT molecular complexity index is 508. The lowest BCUT2D eigenvalue weighted by Crippen LogP contribution is -2.06. The fourth-order valence-corrected chi connectivity index (χ4v) is 1.90. The fourth-order valence-electron chi connectivity index (χ4n) is 1.90. The summed E-state index contributed by atoms with van der Waals surface area (Å²) in [7, 11) is 1.94. The van der Waals surface area contributed by atoms with E-state index in [1.807, 2.05) is 37.4 Å². The van der Waals surface area contributed by atoms with Gasteiger partial charge in [-0.05, 0) is 37.2 Å². The first kappa shape index (κ1) is 12.7. The molecule has 0 heterocycles. The molecule has 1 N–H and O–H groups in total. The van der Waals surface area contributed by atoms with Crippen molar-refractivity contribution >= 4 is 0 Å². The van der Waals surface area contributed by atoms with E-state index in [2.05, 4.69) is 30.4 Å². The van der Waals surface area contributed by atoms with Crippen LogP contribution < -0.4 is 10.1 Å². The molecule has 0 radical (unpaired) electrons. The van der Waals surface area contributed by atoms with E-state index in [4.69, 9.17) is 4.74 Å². The zero-order valence-electron chi connectivity index (χ0n) is 10.9.